The van der Waals surface area contributed by atoms with Gasteiger partial charge >= 0.3 is 6.09 Å². The Balaban J connectivity index is 2.67. The minimum Gasteiger partial charge on any atom is -0.465 e. The molecule has 16 heavy (non-hydrogen) atoms. The summed E-state index contributed by atoms with van der Waals surface area (Å²) in [5.41, 5.74) is 0.946. The number of rotatable bonds is 5. The van der Waals surface area contributed by atoms with Crippen molar-refractivity contribution in [1.82, 2.24) is 10.3 Å². The number of carboxylic acid groups (broad SMARTS) is 1. The van der Waals surface area contributed by atoms with Crippen LogP contribution in [0.2, 0.25) is 0 Å². The van der Waals surface area contributed by atoms with E-state index in [1.165, 1.54) is 0 Å². The molecule has 0 fully saturated rings. The SMILES string of the molecule is CC[C@H](O)[C@@H](Cc1ccncc1)NC(=O)O. The van der Waals surface area contributed by atoms with Crippen LogP contribution in [0.3, 0.4) is 0 Å². The first-order valence-electron chi connectivity index (χ1n) is 5.20. The van der Waals surface area contributed by atoms with Crippen LogP contribution < -0.4 is 5.32 Å². The third-order valence-corrected chi connectivity index (χ3v) is 2.40. The smallest absolute Gasteiger partial charge is 0.404 e. The van der Waals surface area contributed by atoms with Crippen LogP contribution in [0.1, 0.15) is 18.9 Å². The van der Waals surface area contributed by atoms with Crippen LogP contribution in [0.25, 0.3) is 0 Å². The number of hydrogen-bond donors (Lipinski definition) is 3. The molecule has 2 atom stereocenters. The highest BCUT2D eigenvalue weighted by Gasteiger charge is 2.19. The Labute approximate surface area is 94.1 Å². The van der Waals surface area contributed by atoms with E-state index in [0.717, 1.165) is 5.56 Å². The van der Waals surface area contributed by atoms with Gasteiger partial charge in [-0.25, -0.2) is 4.79 Å². The first kappa shape index (κ1) is 12.4. The first-order chi connectivity index (χ1) is 7.63. The van der Waals surface area contributed by atoms with E-state index in [0.29, 0.717) is 12.8 Å². The monoisotopic (exact) mass is 224 g/mol. The van der Waals surface area contributed by atoms with Crippen molar-refractivity contribution in [3.8, 4) is 0 Å². The van der Waals surface area contributed by atoms with Gasteiger partial charge in [0.15, 0.2) is 0 Å². The number of nitrogens with zero attached hydrogens (tertiary/aromatic N) is 1. The van der Waals surface area contributed by atoms with Gasteiger partial charge in [0, 0.05) is 12.4 Å². The summed E-state index contributed by atoms with van der Waals surface area (Å²) in [5.74, 6) is 0. The lowest BCUT2D eigenvalue weighted by Gasteiger charge is -2.21. The molecule has 0 unspecified atom stereocenters. The van der Waals surface area contributed by atoms with Gasteiger partial charge in [0.1, 0.15) is 0 Å². The maximum Gasteiger partial charge on any atom is 0.404 e. The molecule has 0 aliphatic rings. The summed E-state index contributed by atoms with van der Waals surface area (Å²) in [4.78, 5) is 14.5. The molecule has 0 aromatic carbocycles. The van der Waals surface area contributed by atoms with Gasteiger partial charge in [-0.2, -0.15) is 0 Å². The molecule has 0 bridgehead atoms. The van der Waals surface area contributed by atoms with E-state index in [2.05, 4.69) is 10.3 Å². The number of aromatic nitrogens is 1. The molecule has 1 aromatic heterocycles. The lowest BCUT2D eigenvalue weighted by molar-refractivity contribution is 0.116. The third-order valence-electron chi connectivity index (χ3n) is 2.40. The van der Waals surface area contributed by atoms with Gasteiger partial charge in [0.2, 0.25) is 0 Å². The maximum atomic E-state index is 10.6. The topological polar surface area (TPSA) is 82.5 Å². The summed E-state index contributed by atoms with van der Waals surface area (Å²) in [7, 11) is 0. The van der Waals surface area contributed by atoms with Gasteiger partial charge in [-0.15, -0.1) is 0 Å². The van der Waals surface area contributed by atoms with Crippen LogP contribution in [0.4, 0.5) is 4.79 Å². The summed E-state index contributed by atoms with van der Waals surface area (Å²) in [5, 5.41) is 20.7. The third kappa shape index (κ3) is 3.86. The Morgan fingerprint density at radius 3 is 2.62 bits per heavy atom. The van der Waals surface area contributed by atoms with E-state index in [-0.39, 0.29) is 0 Å². The minimum atomic E-state index is -1.12. The predicted molar refractivity (Wildman–Crippen MR) is 59.2 cm³/mol. The highest BCUT2D eigenvalue weighted by molar-refractivity contribution is 5.65. The molecular weight excluding hydrogens is 208 g/mol. The Hall–Kier alpha value is -1.62. The van der Waals surface area contributed by atoms with E-state index >= 15 is 0 Å². The fourth-order valence-electron chi connectivity index (χ4n) is 1.50. The zero-order valence-electron chi connectivity index (χ0n) is 9.13. The largest absolute Gasteiger partial charge is 0.465 e. The van der Waals surface area contributed by atoms with E-state index in [4.69, 9.17) is 5.11 Å². The highest BCUT2D eigenvalue weighted by Crippen LogP contribution is 2.07. The number of hydrogen-bond acceptors (Lipinski definition) is 3. The number of amides is 1. The van der Waals surface area contributed by atoms with E-state index in [1.807, 2.05) is 6.92 Å². The van der Waals surface area contributed by atoms with Gasteiger partial charge < -0.3 is 15.5 Å². The molecule has 5 heteroatoms. The van der Waals surface area contributed by atoms with Crippen molar-refractivity contribution in [2.45, 2.75) is 31.9 Å². The summed E-state index contributed by atoms with van der Waals surface area (Å²) in [6.45, 7) is 1.81. The summed E-state index contributed by atoms with van der Waals surface area (Å²) in [6, 6.07) is 3.13. The predicted octanol–water partition coefficient (Wildman–Crippen LogP) is 1.03. The maximum absolute atomic E-state index is 10.6. The molecule has 88 valence electrons. The zero-order chi connectivity index (χ0) is 12.0. The number of nitrogens with one attached hydrogen (secondary N) is 1. The fourth-order valence-corrected chi connectivity index (χ4v) is 1.50. The number of carbonyl (C=O) groups is 1. The quantitative estimate of drug-likeness (QED) is 0.697. The van der Waals surface area contributed by atoms with Crippen molar-refractivity contribution in [1.29, 1.82) is 0 Å². The molecule has 5 nitrogen and oxygen atoms in total. The molecule has 1 heterocycles. The van der Waals surface area contributed by atoms with Crippen molar-refractivity contribution >= 4 is 6.09 Å². The number of pyridine rings is 1. The Kier molecular flexibility index (Phi) is 4.72. The average molecular weight is 224 g/mol. The van der Waals surface area contributed by atoms with Gasteiger partial charge in [-0.05, 0) is 30.5 Å². The van der Waals surface area contributed by atoms with Crippen LogP contribution in [-0.2, 0) is 6.42 Å². The first-order valence-corrected chi connectivity index (χ1v) is 5.20. The second-order valence-electron chi connectivity index (χ2n) is 3.59. The van der Waals surface area contributed by atoms with Crippen molar-refractivity contribution < 1.29 is 15.0 Å². The fraction of sp³-hybridized carbons (Fsp3) is 0.455. The van der Waals surface area contributed by atoms with Crippen molar-refractivity contribution in [3.63, 3.8) is 0 Å². The molecular formula is C11H16N2O3. The highest BCUT2D eigenvalue weighted by atomic mass is 16.4. The molecule has 0 aliphatic heterocycles. The number of aliphatic hydroxyl groups is 1. The Morgan fingerprint density at radius 2 is 2.12 bits per heavy atom. The molecule has 1 rings (SSSR count). The van der Waals surface area contributed by atoms with Gasteiger partial charge in [-0.1, -0.05) is 6.92 Å². The standard InChI is InChI=1S/C11H16N2O3/c1-2-10(14)9(13-11(15)16)7-8-3-5-12-6-4-8/h3-6,9-10,13-14H,2,7H2,1H3,(H,15,16)/t9-,10+/m1/s1. The van der Waals surface area contributed by atoms with Crippen LogP contribution in [0, 0.1) is 0 Å². The van der Waals surface area contributed by atoms with E-state index in [9.17, 15) is 9.90 Å². The van der Waals surface area contributed by atoms with Crippen LogP contribution >= 0.6 is 0 Å². The summed E-state index contributed by atoms with van der Waals surface area (Å²) >= 11 is 0. The van der Waals surface area contributed by atoms with E-state index in [1.54, 1.807) is 24.5 Å². The Morgan fingerprint density at radius 1 is 1.50 bits per heavy atom. The van der Waals surface area contributed by atoms with Gasteiger partial charge in [0.25, 0.3) is 0 Å². The molecule has 0 saturated carbocycles. The van der Waals surface area contributed by atoms with E-state index < -0.39 is 18.2 Å². The Bertz CT molecular complexity index is 329. The van der Waals surface area contributed by atoms with Crippen LogP contribution in [0.5, 0.6) is 0 Å². The van der Waals surface area contributed by atoms with Crippen molar-refractivity contribution in [3.05, 3.63) is 30.1 Å². The normalized spacial score (nSPS) is 14.1. The molecule has 1 aromatic rings. The second kappa shape index (κ2) is 6.07. The molecule has 0 saturated heterocycles. The summed E-state index contributed by atoms with van der Waals surface area (Å²) in [6.07, 6.45) is 2.47. The summed E-state index contributed by atoms with van der Waals surface area (Å²) < 4.78 is 0. The lowest BCUT2D eigenvalue weighted by atomic mass is 10.0. The van der Waals surface area contributed by atoms with Crippen LogP contribution in [0.15, 0.2) is 24.5 Å². The molecule has 0 radical (unpaired) electrons. The lowest BCUT2D eigenvalue weighted by Crippen LogP contribution is -2.44. The average Bonchev–Trinajstić information content (AvgIpc) is 2.28. The van der Waals surface area contributed by atoms with Gasteiger partial charge in [0.05, 0.1) is 12.1 Å². The van der Waals surface area contributed by atoms with Gasteiger partial charge in [-0.3, -0.25) is 4.98 Å². The zero-order valence-corrected chi connectivity index (χ0v) is 9.13. The van der Waals surface area contributed by atoms with Crippen molar-refractivity contribution in [2.24, 2.45) is 0 Å². The van der Waals surface area contributed by atoms with Crippen LogP contribution in [-0.4, -0.2) is 33.4 Å². The molecule has 0 aliphatic carbocycles. The molecule has 3 N–H and O–H groups in total. The number of aliphatic hydroxyl groups excluding tert-OH is 1. The molecule has 0 spiro atoms. The van der Waals surface area contributed by atoms with Crippen molar-refractivity contribution in [2.75, 3.05) is 0 Å². The minimum absolute atomic E-state index is 0.462. The second-order valence-corrected chi connectivity index (χ2v) is 3.59. The molecule has 1 amide bonds.